The van der Waals surface area contributed by atoms with Crippen LogP contribution in [-0.2, 0) is 0 Å². The van der Waals surface area contributed by atoms with Crippen LogP contribution in [0.2, 0.25) is 5.02 Å². The van der Waals surface area contributed by atoms with E-state index in [-0.39, 0.29) is 16.9 Å². The molecule has 5 heteroatoms. The third-order valence-electron chi connectivity index (χ3n) is 3.05. The SMILES string of the molecule is CNC(c1ccc(Br)c(Cl)c1F)C1CCCS1. The van der Waals surface area contributed by atoms with E-state index in [1.54, 1.807) is 0 Å². The lowest BCUT2D eigenvalue weighted by atomic mass is 10.0. The Labute approximate surface area is 119 Å². The number of rotatable bonds is 3. The van der Waals surface area contributed by atoms with Gasteiger partial charge in [-0.2, -0.15) is 11.8 Å². The zero-order chi connectivity index (χ0) is 12.4. The van der Waals surface area contributed by atoms with Gasteiger partial charge in [0.05, 0.1) is 5.02 Å². The summed E-state index contributed by atoms with van der Waals surface area (Å²) in [6, 6.07) is 3.66. The van der Waals surface area contributed by atoms with E-state index < -0.39 is 0 Å². The third-order valence-corrected chi connectivity index (χ3v) is 5.77. The molecule has 0 radical (unpaired) electrons. The molecule has 94 valence electrons. The normalized spacial score (nSPS) is 21.8. The number of thioether (sulfide) groups is 1. The van der Waals surface area contributed by atoms with Gasteiger partial charge in [-0.25, -0.2) is 4.39 Å². The third kappa shape index (κ3) is 2.80. The first-order valence-corrected chi connectivity index (χ1v) is 7.79. The van der Waals surface area contributed by atoms with Gasteiger partial charge in [0.1, 0.15) is 5.82 Å². The average molecular weight is 339 g/mol. The van der Waals surface area contributed by atoms with Gasteiger partial charge in [0.25, 0.3) is 0 Å². The molecule has 0 saturated carbocycles. The van der Waals surface area contributed by atoms with Gasteiger partial charge >= 0.3 is 0 Å². The second-order valence-corrected chi connectivity index (χ2v) is 6.66. The molecule has 0 bridgehead atoms. The first-order valence-electron chi connectivity index (χ1n) is 5.57. The van der Waals surface area contributed by atoms with Crippen LogP contribution in [0.15, 0.2) is 16.6 Å². The molecule has 1 nitrogen and oxygen atoms in total. The molecule has 1 fully saturated rings. The molecule has 1 aliphatic heterocycles. The Bertz CT molecular complexity index is 410. The van der Waals surface area contributed by atoms with E-state index in [0.29, 0.717) is 15.3 Å². The van der Waals surface area contributed by atoms with Crippen molar-refractivity contribution in [2.75, 3.05) is 12.8 Å². The van der Waals surface area contributed by atoms with Gasteiger partial charge in [0, 0.05) is 21.3 Å². The minimum atomic E-state index is -0.312. The molecule has 2 atom stereocenters. The van der Waals surface area contributed by atoms with E-state index in [2.05, 4.69) is 21.2 Å². The maximum atomic E-state index is 14.1. The van der Waals surface area contributed by atoms with Crippen molar-refractivity contribution in [3.63, 3.8) is 0 Å². The lowest BCUT2D eigenvalue weighted by molar-refractivity contribution is 0.512. The van der Waals surface area contributed by atoms with Crippen LogP contribution >= 0.6 is 39.3 Å². The van der Waals surface area contributed by atoms with Gasteiger partial charge in [-0.05, 0) is 47.6 Å². The molecule has 1 saturated heterocycles. The maximum Gasteiger partial charge on any atom is 0.147 e. The fourth-order valence-corrected chi connectivity index (χ4v) is 4.11. The summed E-state index contributed by atoms with van der Waals surface area (Å²) in [7, 11) is 1.87. The van der Waals surface area contributed by atoms with Gasteiger partial charge in [-0.3, -0.25) is 0 Å². The molecular formula is C12H14BrClFNS. The van der Waals surface area contributed by atoms with Crippen molar-refractivity contribution in [1.29, 1.82) is 0 Å². The molecule has 1 aromatic rings. The van der Waals surface area contributed by atoms with Crippen LogP contribution in [-0.4, -0.2) is 18.1 Å². The Morgan fingerprint density at radius 1 is 1.59 bits per heavy atom. The fraction of sp³-hybridized carbons (Fsp3) is 0.500. The molecule has 0 amide bonds. The van der Waals surface area contributed by atoms with E-state index in [4.69, 9.17) is 11.6 Å². The maximum absolute atomic E-state index is 14.1. The molecule has 0 aromatic heterocycles. The summed E-state index contributed by atoms with van der Waals surface area (Å²) < 4.78 is 14.7. The zero-order valence-electron chi connectivity index (χ0n) is 9.47. The molecule has 1 heterocycles. The Morgan fingerprint density at radius 2 is 2.35 bits per heavy atom. The summed E-state index contributed by atoms with van der Waals surface area (Å²) in [5, 5.41) is 3.82. The van der Waals surface area contributed by atoms with Crippen molar-refractivity contribution < 1.29 is 4.39 Å². The molecule has 2 unspecified atom stereocenters. The van der Waals surface area contributed by atoms with Crippen LogP contribution in [0.1, 0.15) is 24.4 Å². The van der Waals surface area contributed by atoms with Crippen molar-refractivity contribution in [2.24, 2.45) is 0 Å². The molecule has 2 rings (SSSR count). The zero-order valence-corrected chi connectivity index (χ0v) is 12.6. The largest absolute Gasteiger partial charge is 0.312 e. The van der Waals surface area contributed by atoms with Gasteiger partial charge in [0.15, 0.2) is 0 Å². The summed E-state index contributed by atoms with van der Waals surface area (Å²) in [6.45, 7) is 0. The highest BCUT2D eigenvalue weighted by molar-refractivity contribution is 9.10. The summed E-state index contributed by atoms with van der Waals surface area (Å²) in [4.78, 5) is 0. The monoisotopic (exact) mass is 337 g/mol. The van der Waals surface area contributed by atoms with Gasteiger partial charge in [0.2, 0.25) is 0 Å². The molecule has 1 aliphatic rings. The van der Waals surface area contributed by atoms with Crippen molar-refractivity contribution in [1.82, 2.24) is 5.32 Å². The van der Waals surface area contributed by atoms with Crippen LogP contribution in [0.4, 0.5) is 4.39 Å². The highest BCUT2D eigenvalue weighted by atomic mass is 79.9. The number of halogens is 3. The second-order valence-electron chi connectivity index (χ2n) is 4.08. The van der Waals surface area contributed by atoms with Crippen molar-refractivity contribution in [3.05, 3.63) is 33.0 Å². The summed E-state index contributed by atoms with van der Waals surface area (Å²) >= 11 is 11.1. The molecule has 17 heavy (non-hydrogen) atoms. The van der Waals surface area contributed by atoms with E-state index in [0.717, 1.165) is 12.2 Å². The summed E-state index contributed by atoms with van der Waals surface area (Å²) in [5.41, 5.74) is 0.667. The van der Waals surface area contributed by atoms with Crippen LogP contribution in [0.5, 0.6) is 0 Å². The molecule has 1 aromatic carbocycles. The molecule has 1 N–H and O–H groups in total. The quantitative estimate of drug-likeness (QED) is 0.820. The van der Waals surface area contributed by atoms with E-state index >= 15 is 0 Å². The first kappa shape index (κ1) is 13.7. The number of nitrogens with one attached hydrogen (secondary N) is 1. The van der Waals surface area contributed by atoms with Crippen LogP contribution < -0.4 is 5.32 Å². The second kappa shape index (κ2) is 5.91. The van der Waals surface area contributed by atoms with E-state index in [9.17, 15) is 4.39 Å². The highest BCUT2D eigenvalue weighted by Gasteiger charge is 2.28. The van der Waals surface area contributed by atoms with Crippen molar-refractivity contribution in [2.45, 2.75) is 24.1 Å². The van der Waals surface area contributed by atoms with Gasteiger partial charge < -0.3 is 5.32 Å². The Balaban J connectivity index is 2.33. The smallest absolute Gasteiger partial charge is 0.147 e. The van der Waals surface area contributed by atoms with E-state index in [1.165, 1.54) is 6.42 Å². The van der Waals surface area contributed by atoms with Crippen molar-refractivity contribution >= 4 is 39.3 Å². The predicted molar refractivity (Wildman–Crippen MR) is 76.4 cm³/mol. The predicted octanol–water partition coefficient (Wildman–Crippen LogP) is 4.40. The lowest BCUT2D eigenvalue weighted by Gasteiger charge is -2.23. The Morgan fingerprint density at radius 3 is 2.94 bits per heavy atom. The topological polar surface area (TPSA) is 12.0 Å². The highest BCUT2D eigenvalue weighted by Crippen LogP contribution is 2.39. The minimum Gasteiger partial charge on any atom is -0.312 e. The van der Waals surface area contributed by atoms with Gasteiger partial charge in [-0.1, -0.05) is 17.7 Å². The number of hydrogen-bond donors (Lipinski definition) is 1. The average Bonchev–Trinajstić information content (AvgIpc) is 2.84. The number of hydrogen-bond acceptors (Lipinski definition) is 2. The van der Waals surface area contributed by atoms with Crippen molar-refractivity contribution in [3.8, 4) is 0 Å². The summed E-state index contributed by atoms with van der Waals surface area (Å²) in [5.74, 6) is 0.849. The van der Waals surface area contributed by atoms with Crippen LogP contribution in [0, 0.1) is 5.82 Å². The van der Waals surface area contributed by atoms with Gasteiger partial charge in [-0.15, -0.1) is 0 Å². The summed E-state index contributed by atoms with van der Waals surface area (Å²) in [6.07, 6.45) is 2.34. The first-order chi connectivity index (χ1) is 8.15. The standard InChI is InChI=1S/C12H14BrClFNS/c1-16-12(9-3-2-6-17-9)7-4-5-8(13)10(14)11(7)15/h4-5,9,12,16H,2-3,6H2,1H3. The lowest BCUT2D eigenvalue weighted by Crippen LogP contribution is -2.26. The van der Waals surface area contributed by atoms with Crippen LogP contribution in [0.25, 0.3) is 0 Å². The molecular weight excluding hydrogens is 325 g/mol. The number of benzene rings is 1. The molecule has 0 aliphatic carbocycles. The Hall–Kier alpha value is 0.230. The minimum absolute atomic E-state index is 0.0353. The fourth-order valence-electron chi connectivity index (χ4n) is 2.19. The Kier molecular flexibility index (Phi) is 4.75. The van der Waals surface area contributed by atoms with Crippen LogP contribution in [0.3, 0.4) is 0 Å². The molecule has 0 spiro atoms. The van der Waals surface area contributed by atoms with E-state index in [1.807, 2.05) is 30.9 Å².